The number of hydrogen-bond acceptors (Lipinski definition) is 9. The Morgan fingerprint density at radius 3 is 1.72 bits per heavy atom. The first-order valence-electron chi connectivity index (χ1n) is 20.7. The quantitative estimate of drug-likeness (QED) is 0.0649. The van der Waals surface area contributed by atoms with Crippen LogP contribution in [0.25, 0.3) is 33.4 Å². The molecule has 13 nitrogen and oxygen atoms in total. The fraction of sp³-hybridized carbons (Fsp3) is 0.327. The molecule has 1 heterocycles. The molecule has 0 atom stereocenters. The van der Waals surface area contributed by atoms with Crippen LogP contribution in [0.3, 0.4) is 0 Å². The zero-order valence-corrected chi connectivity index (χ0v) is 39.9. The molecule has 15 heteroatoms. The van der Waals surface area contributed by atoms with Crippen LogP contribution in [0.2, 0.25) is 0 Å². The number of benzene rings is 5. The van der Waals surface area contributed by atoms with E-state index in [9.17, 15) is 35.5 Å². The van der Waals surface area contributed by atoms with Gasteiger partial charge in [0.1, 0.15) is 21.1 Å². The second-order valence-corrected chi connectivity index (χ2v) is 21.8. The number of nitrogens with one attached hydrogen (secondary N) is 3. The van der Waals surface area contributed by atoms with Gasteiger partial charge in [-0.1, -0.05) is 71.9 Å². The standard InChI is InChI=1S/C49H56N4O9S2/c1-26-19-28(3)46(52-41(54)24-48(7,8)9)30(5)44(26)50-32-17-18-33-37(21-32)62-38-23-36(51-45-27(2)20-29(4)47(31(45)6)53-42(55)25-49(10,11)12)40(64(59,60)61)22-35(38)43(33)34-15-13-14-16-39(34)63(56,57)58/h13-23,50H,24-25H2,1-12H3,(H,52,54)(H,53,55)(H,56,57,58)(H,59,60,61)/b51-36+. The minimum Gasteiger partial charge on any atom is -0.456 e. The normalized spacial score (nSPS) is 12.8. The van der Waals surface area contributed by atoms with Gasteiger partial charge in [-0.25, -0.2) is 4.99 Å². The predicted molar refractivity (Wildman–Crippen MR) is 253 cm³/mol. The summed E-state index contributed by atoms with van der Waals surface area (Å²) in [5, 5.41) is 9.74. The number of carbonyl (C=O) groups is 2. The minimum absolute atomic E-state index is 0.0456. The van der Waals surface area contributed by atoms with Crippen molar-refractivity contribution in [3.8, 4) is 22.5 Å². The van der Waals surface area contributed by atoms with Crippen LogP contribution in [0.15, 0.2) is 85.9 Å². The van der Waals surface area contributed by atoms with E-state index in [1.54, 1.807) is 38.1 Å². The van der Waals surface area contributed by atoms with Gasteiger partial charge in [-0.3, -0.25) is 18.7 Å². The molecule has 1 aliphatic heterocycles. The zero-order valence-electron chi connectivity index (χ0n) is 38.3. The third-order valence-corrected chi connectivity index (χ3v) is 12.6. The Morgan fingerprint density at radius 1 is 0.625 bits per heavy atom. The van der Waals surface area contributed by atoms with Crippen molar-refractivity contribution in [1.82, 2.24) is 0 Å². The number of fused-ring (bicyclic) bond motifs is 2. The van der Waals surface area contributed by atoms with Crippen LogP contribution in [0.1, 0.15) is 87.8 Å². The Bertz CT molecular complexity index is 3160. The number of amides is 2. The van der Waals surface area contributed by atoms with E-state index in [-0.39, 0.29) is 62.5 Å². The van der Waals surface area contributed by atoms with E-state index in [1.165, 1.54) is 30.3 Å². The van der Waals surface area contributed by atoms with Crippen molar-refractivity contribution in [3.05, 3.63) is 105 Å². The molecule has 0 radical (unpaired) electrons. The van der Waals surface area contributed by atoms with E-state index >= 15 is 0 Å². The highest BCUT2D eigenvalue weighted by Crippen LogP contribution is 2.44. The summed E-state index contributed by atoms with van der Waals surface area (Å²) >= 11 is 0. The van der Waals surface area contributed by atoms with E-state index in [0.717, 1.165) is 27.9 Å². The lowest BCUT2D eigenvalue weighted by atomic mass is 9.91. The number of aryl methyl sites for hydroxylation is 4. The molecule has 338 valence electrons. The van der Waals surface area contributed by atoms with Gasteiger partial charge in [0.25, 0.3) is 20.2 Å². The lowest BCUT2D eigenvalue weighted by Gasteiger charge is -2.22. The molecule has 4 aromatic rings. The maximum atomic E-state index is 13.3. The van der Waals surface area contributed by atoms with Gasteiger partial charge in [-0.15, -0.1) is 0 Å². The lowest BCUT2D eigenvalue weighted by Crippen LogP contribution is -2.21. The molecule has 0 unspecified atom stereocenters. The average Bonchev–Trinajstić information content (AvgIpc) is 3.15. The molecule has 0 spiro atoms. The molecule has 4 aromatic carbocycles. The van der Waals surface area contributed by atoms with Gasteiger partial charge in [0, 0.05) is 69.8 Å². The van der Waals surface area contributed by atoms with E-state index in [0.29, 0.717) is 45.7 Å². The molecule has 0 saturated carbocycles. The van der Waals surface area contributed by atoms with Crippen molar-refractivity contribution in [3.63, 3.8) is 0 Å². The van der Waals surface area contributed by atoms with Gasteiger partial charge < -0.3 is 20.4 Å². The lowest BCUT2D eigenvalue weighted by molar-refractivity contribution is -0.118. The number of nitrogens with zero attached hydrogens (tertiary/aromatic N) is 1. The fourth-order valence-electron chi connectivity index (χ4n) is 8.17. The summed E-state index contributed by atoms with van der Waals surface area (Å²) in [6.07, 6.45) is 0.578. The molecule has 0 bridgehead atoms. The third-order valence-electron chi connectivity index (χ3n) is 10.8. The Hall–Kier alpha value is -5.87. The number of rotatable bonds is 10. The molecular formula is C49H56N4O9S2. The van der Waals surface area contributed by atoms with Crippen LogP contribution in [-0.4, -0.2) is 37.8 Å². The number of carbonyl (C=O) groups excluding carboxylic acids is 2. The molecule has 0 aromatic heterocycles. The van der Waals surface area contributed by atoms with Gasteiger partial charge >= 0.3 is 0 Å². The zero-order chi connectivity index (χ0) is 47.4. The first-order valence-corrected chi connectivity index (χ1v) is 23.6. The van der Waals surface area contributed by atoms with Gasteiger partial charge in [0.15, 0.2) is 0 Å². The van der Waals surface area contributed by atoms with Crippen molar-refractivity contribution in [2.45, 2.75) is 106 Å². The fourth-order valence-corrected chi connectivity index (χ4v) is 9.51. The Balaban J connectivity index is 1.62. The van der Waals surface area contributed by atoms with Crippen molar-refractivity contribution in [2.75, 3.05) is 16.0 Å². The SMILES string of the molecule is Cc1cc(C)c(NC(=O)CC(C)(C)C)c(C)c1/N=c1\cc2oc3cc(Nc4c(C)cc(C)c(NC(=O)CC(C)(C)C)c4C)ccc3c(-c3ccccc3S(=O)(=O)O)c-2cc1S(=O)(=O)O. The maximum Gasteiger partial charge on any atom is 0.296 e. The summed E-state index contributed by atoms with van der Waals surface area (Å²) in [6, 6.07) is 17.2. The van der Waals surface area contributed by atoms with Crippen LogP contribution in [0, 0.1) is 52.4 Å². The maximum absolute atomic E-state index is 13.3. The van der Waals surface area contributed by atoms with Crippen LogP contribution in [-0.2, 0) is 29.8 Å². The molecule has 2 aliphatic rings. The third kappa shape index (κ3) is 10.4. The number of hydrogen-bond donors (Lipinski definition) is 5. The van der Waals surface area contributed by atoms with Crippen molar-refractivity contribution >= 4 is 71.5 Å². The minimum atomic E-state index is -5.00. The summed E-state index contributed by atoms with van der Waals surface area (Å²) in [5.74, 6) is -0.239. The molecule has 0 fully saturated rings. The monoisotopic (exact) mass is 908 g/mol. The van der Waals surface area contributed by atoms with Crippen molar-refractivity contribution in [2.24, 2.45) is 15.8 Å². The summed E-state index contributed by atoms with van der Waals surface area (Å²) < 4.78 is 80.0. The Labute approximate surface area is 375 Å². The second-order valence-electron chi connectivity index (χ2n) is 19.0. The molecule has 1 aliphatic carbocycles. The summed E-state index contributed by atoms with van der Waals surface area (Å²) in [4.78, 5) is 29.9. The second kappa shape index (κ2) is 17.3. The van der Waals surface area contributed by atoms with Gasteiger partial charge in [0.2, 0.25) is 11.8 Å². The molecule has 2 amide bonds. The summed E-state index contributed by atoms with van der Waals surface area (Å²) in [5.41, 5.74) is 7.57. The first-order chi connectivity index (χ1) is 29.5. The van der Waals surface area contributed by atoms with Gasteiger partial charge in [0.05, 0.1) is 11.0 Å². The highest BCUT2D eigenvalue weighted by molar-refractivity contribution is 7.86. The molecule has 64 heavy (non-hydrogen) atoms. The number of anilines is 4. The van der Waals surface area contributed by atoms with E-state index in [4.69, 9.17) is 9.41 Å². The highest BCUT2D eigenvalue weighted by Gasteiger charge is 2.28. The van der Waals surface area contributed by atoms with Gasteiger partial charge in [-0.05, 0) is 110 Å². The van der Waals surface area contributed by atoms with Crippen LogP contribution >= 0.6 is 0 Å². The van der Waals surface area contributed by atoms with E-state index in [2.05, 4.69) is 16.0 Å². The predicted octanol–water partition coefficient (Wildman–Crippen LogP) is 11.3. The van der Waals surface area contributed by atoms with Gasteiger partial charge in [-0.2, -0.15) is 16.8 Å². The van der Waals surface area contributed by atoms with E-state index < -0.39 is 30.0 Å². The summed E-state index contributed by atoms with van der Waals surface area (Å²) in [6.45, 7) is 23.1. The Morgan fingerprint density at radius 2 is 1.16 bits per heavy atom. The van der Waals surface area contributed by atoms with E-state index in [1.807, 2.05) is 81.4 Å². The molecule has 5 N–H and O–H groups in total. The smallest absolute Gasteiger partial charge is 0.296 e. The van der Waals surface area contributed by atoms with Crippen LogP contribution in [0.4, 0.5) is 28.4 Å². The van der Waals surface area contributed by atoms with Crippen LogP contribution < -0.4 is 21.3 Å². The van der Waals surface area contributed by atoms with Crippen molar-refractivity contribution < 1.29 is 39.9 Å². The topological polar surface area (TPSA) is 204 Å². The van der Waals surface area contributed by atoms with Crippen molar-refractivity contribution in [1.29, 1.82) is 0 Å². The van der Waals surface area contributed by atoms with Crippen LogP contribution in [0.5, 0.6) is 0 Å². The highest BCUT2D eigenvalue weighted by atomic mass is 32.2. The largest absolute Gasteiger partial charge is 0.456 e. The molecule has 0 saturated heterocycles. The average molecular weight is 909 g/mol. The summed E-state index contributed by atoms with van der Waals surface area (Å²) in [7, 11) is -9.82. The first kappa shape index (κ1) is 47.6. The Kier molecular flexibility index (Phi) is 12.8. The molecular weight excluding hydrogens is 853 g/mol. The molecule has 6 rings (SSSR count).